The average Bonchev–Trinajstić information content (AvgIpc) is 2.25. The van der Waals surface area contributed by atoms with Gasteiger partial charge in [-0.1, -0.05) is 33.8 Å². The van der Waals surface area contributed by atoms with Crippen molar-refractivity contribution < 1.29 is 0 Å². The normalized spacial score (nSPS) is 13.8. The van der Waals surface area contributed by atoms with Crippen LogP contribution >= 0.6 is 0 Å². The molecule has 1 aromatic rings. The van der Waals surface area contributed by atoms with E-state index in [0.717, 1.165) is 25.0 Å². The van der Waals surface area contributed by atoms with Crippen LogP contribution in [-0.4, -0.2) is 4.98 Å². The first-order valence-corrected chi connectivity index (χ1v) is 6.13. The molecule has 1 aromatic heterocycles. The summed E-state index contributed by atoms with van der Waals surface area (Å²) in [5, 5.41) is 0. The molecule has 1 unspecified atom stereocenters. The summed E-state index contributed by atoms with van der Waals surface area (Å²) in [7, 11) is 0. The van der Waals surface area contributed by atoms with Crippen LogP contribution in [-0.2, 0) is 6.42 Å². The summed E-state index contributed by atoms with van der Waals surface area (Å²) < 4.78 is 0. The Morgan fingerprint density at radius 1 is 1.38 bits per heavy atom. The van der Waals surface area contributed by atoms with E-state index in [1.54, 1.807) is 0 Å². The SMILES string of the molecule is CCc1cccnc1C(N)CCC(C)(C)C. The Bertz CT molecular complexity index is 326. The van der Waals surface area contributed by atoms with Gasteiger partial charge in [0.15, 0.2) is 0 Å². The van der Waals surface area contributed by atoms with Crippen LogP contribution in [0, 0.1) is 5.41 Å². The van der Waals surface area contributed by atoms with E-state index >= 15 is 0 Å². The third-order valence-corrected chi connectivity index (χ3v) is 2.86. The lowest BCUT2D eigenvalue weighted by Gasteiger charge is -2.21. The lowest BCUT2D eigenvalue weighted by Crippen LogP contribution is -2.17. The van der Waals surface area contributed by atoms with Gasteiger partial charge < -0.3 is 5.73 Å². The highest BCUT2D eigenvalue weighted by Crippen LogP contribution is 2.26. The van der Waals surface area contributed by atoms with Crippen molar-refractivity contribution in [2.45, 2.75) is 53.0 Å². The first kappa shape index (κ1) is 13.2. The Kier molecular flexibility index (Phi) is 4.48. The molecule has 0 radical (unpaired) electrons. The predicted octanol–water partition coefficient (Wildman–Crippen LogP) is 3.47. The van der Waals surface area contributed by atoms with Crippen LogP contribution in [0.2, 0.25) is 0 Å². The Morgan fingerprint density at radius 3 is 2.62 bits per heavy atom. The van der Waals surface area contributed by atoms with E-state index in [4.69, 9.17) is 5.73 Å². The second kappa shape index (κ2) is 5.44. The van der Waals surface area contributed by atoms with E-state index in [9.17, 15) is 0 Å². The third kappa shape index (κ3) is 3.93. The molecule has 0 amide bonds. The summed E-state index contributed by atoms with van der Waals surface area (Å²) in [5.74, 6) is 0. The van der Waals surface area contributed by atoms with Crippen molar-refractivity contribution >= 4 is 0 Å². The van der Waals surface area contributed by atoms with Crippen molar-refractivity contribution in [2.24, 2.45) is 11.1 Å². The minimum atomic E-state index is 0.0791. The van der Waals surface area contributed by atoms with Crippen LogP contribution in [0.25, 0.3) is 0 Å². The molecule has 2 N–H and O–H groups in total. The summed E-state index contributed by atoms with van der Waals surface area (Å²) in [6, 6.07) is 4.19. The number of aromatic nitrogens is 1. The smallest absolute Gasteiger partial charge is 0.0602 e. The van der Waals surface area contributed by atoms with E-state index in [1.807, 2.05) is 12.3 Å². The highest BCUT2D eigenvalue weighted by Gasteiger charge is 2.16. The lowest BCUT2D eigenvalue weighted by molar-refractivity contribution is 0.348. The molecule has 0 spiro atoms. The molecule has 0 aromatic carbocycles. The molecular formula is C14H24N2. The number of nitrogens with zero attached hydrogens (tertiary/aromatic N) is 1. The highest BCUT2D eigenvalue weighted by molar-refractivity contribution is 5.22. The van der Waals surface area contributed by atoms with Crippen LogP contribution in [0.1, 0.15) is 57.8 Å². The first-order valence-electron chi connectivity index (χ1n) is 6.13. The Morgan fingerprint density at radius 2 is 2.06 bits per heavy atom. The maximum atomic E-state index is 6.22. The van der Waals surface area contributed by atoms with Gasteiger partial charge in [0.2, 0.25) is 0 Å². The van der Waals surface area contributed by atoms with Gasteiger partial charge in [0.1, 0.15) is 0 Å². The number of rotatable bonds is 4. The van der Waals surface area contributed by atoms with E-state index in [2.05, 4.69) is 38.7 Å². The molecule has 0 aliphatic heterocycles. The fourth-order valence-electron chi connectivity index (χ4n) is 1.81. The number of pyridine rings is 1. The van der Waals surface area contributed by atoms with E-state index < -0.39 is 0 Å². The molecule has 0 aliphatic carbocycles. The molecule has 2 heteroatoms. The quantitative estimate of drug-likeness (QED) is 0.843. The molecule has 0 aliphatic rings. The van der Waals surface area contributed by atoms with Gasteiger partial charge in [0, 0.05) is 12.2 Å². The van der Waals surface area contributed by atoms with Gasteiger partial charge in [-0.2, -0.15) is 0 Å². The zero-order valence-electron chi connectivity index (χ0n) is 11.0. The van der Waals surface area contributed by atoms with Crippen molar-refractivity contribution in [1.29, 1.82) is 0 Å². The number of hydrogen-bond donors (Lipinski definition) is 1. The molecule has 2 nitrogen and oxygen atoms in total. The molecule has 0 fully saturated rings. The molecule has 0 saturated heterocycles. The van der Waals surface area contributed by atoms with Gasteiger partial charge >= 0.3 is 0 Å². The van der Waals surface area contributed by atoms with Crippen LogP contribution < -0.4 is 5.73 Å². The van der Waals surface area contributed by atoms with Crippen LogP contribution in [0.5, 0.6) is 0 Å². The fourth-order valence-corrected chi connectivity index (χ4v) is 1.81. The molecular weight excluding hydrogens is 196 g/mol. The van der Waals surface area contributed by atoms with E-state index in [1.165, 1.54) is 5.56 Å². The zero-order chi connectivity index (χ0) is 12.2. The first-order chi connectivity index (χ1) is 7.44. The summed E-state index contributed by atoms with van der Waals surface area (Å²) in [4.78, 5) is 4.43. The van der Waals surface area contributed by atoms with Crippen molar-refractivity contribution in [1.82, 2.24) is 4.98 Å². The van der Waals surface area contributed by atoms with Crippen molar-refractivity contribution in [3.8, 4) is 0 Å². The van der Waals surface area contributed by atoms with Gasteiger partial charge in [0.05, 0.1) is 5.69 Å². The average molecular weight is 220 g/mol. The Labute approximate surface area is 99.3 Å². The topological polar surface area (TPSA) is 38.9 Å². The fraction of sp³-hybridized carbons (Fsp3) is 0.643. The summed E-state index contributed by atoms with van der Waals surface area (Å²) in [6.45, 7) is 8.90. The predicted molar refractivity (Wildman–Crippen MR) is 69.2 cm³/mol. The van der Waals surface area contributed by atoms with Gasteiger partial charge in [-0.3, -0.25) is 4.98 Å². The molecule has 0 saturated carbocycles. The zero-order valence-corrected chi connectivity index (χ0v) is 11.0. The minimum Gasteiger partial charge on any atom is -0.323 e. The standard InChI is InChI=1S/C14H24N2/c1-5-11-7-6-10-16-13(11)12(15)8-9-14(2,3)4/h6-7,10,12H,5,8-9,15H2,1-4H3. The number of aryl methyl sites for hydroxylation is 1. The monoisotopic (exact) mass is 220 g/mol. The lowest BCUT2D eigenvalue weighted by atomic mass is 9.87. The molecule has 16 heavy (non-hydrogen) atoms. The highest BCUT2D eigenvalue weighted by atomic mass is 14.8. The molecule has 90 valence electrons. The van der Waals surface area contributed by atoms with Gasteiger partial charge in [0.25, 0.3) is 0 Å². The third-order valence-electron chi connectivity index (χ3n) is 2.86. The molecule has 1 heterocycles. The largest absolute Gasteiger partial charge is 0.323 e. The summed E-state index contributed by atoms with van der Waals surface area (Å²) in [5.41, 5.74) is 8.92. The molecule has 0 bridgehead atoms. The van der Waals surface area contributed by atoms with Gasteiger partial charge in [-0.05, 0) is 36.3 Å². The maximum absolute atomic E-state index is 6.22. The number of hydrogen-bond acceptors (Lipinski definition) is 2. The molecule has 1 atom stereocenters. The van der Waals surface area contributed by atoms with Crippen LogP contribution in [0.15, 0.2) is 18.3 Å². The second-order valence-corrected chi connectivity index (χ2v) is 5.61. The van der Waals surface area contributed by atoms with Crippen molar-refractivity contribution in [3.63, 3.8) is 0 Å². The van der Waals surface area contributed by atoms with Gasteiger partial charge in [-0.25, -0.2) is 0 Å². The molecule has 1 rings (SSSR count). The summed E-state index contributed by atoms with van der Waals surface area (Å²) >= 11 is 0. The van der Waals surface area contributed by atoms with E-state index in [-0.39, 0.29) is 6.04 Å². The minimum absolute atomic E-state index is 0.0791. The van der Waals surface area contributed by atoms with Crippen LogP contribution in [0.4, 0.5) is 0 Å². The summed E-state index contributed by atoms with van der Waals surface area (Å²) in [6.07, 6.45) is 4.99. The second-order valence-electron chi connectivity index (χ2n) is 5.61. The van der Waals surface area contributed by atoms with Crippen molar-refractivity contribution in [2.75, 3.05) is 0 Å². The number of nitrogens with two attached hydrogens (primary N) is 1. The maximum Gasteiger partial charge on any atom is 0.0602 e. The van der Waals surface area contributed by atoms with Crippen molar-refractivity contribution in [3.05, 3.63) is 29.6 Å². The van der Waals surface area contributed by atoms with E-state index in [0.29, 0.717) is 5.41 Å². The Hall–Kier alpha value is -0.890. The van der Waals surface area contributed by atoms with Gasteiger partial charge in [-0.15, -0.1) is 0 Å². The van der Waals surface area contributed by atoms with Crippen LogP contribution in [0.3, 0.4) is 0 Å². The Balaban J connectivity index is 2.69.